The molecule has 1 saturated heterocycles. The highest BCUT2D eigenvalue weighted by atomic mass is 19.1. The van der Waals surface area contributed by atoms with Gasteiger partial charge in [-0.05, 0) is 61.6 Å². The molecule has 1 heterocycles. The van der Waals surface area contributed by atoms with Crippen molar-refractivity contribution in [1.29, 1.82) is 0 Å². The van der Waals surface area contributed by atoms with Crippen molar-refractivity contribution in [3.63, 3.8) is 0 Å². The monoisotopic (exact) mass is 440 g/mol. The zero-order chi connectivity index (χ0) is 22.8. The first-order valence-electron chi connectivity index (χ1n) is 11.2. The average molecular weight is 441 g/mol. The van der Waals surface area contributed by atoms with Gasteiger partial charge in [-0.3, -0.25) is 9.79 Å². The number of carbonyl (C=O) groups excluding carboxylic acids is 1. The molecule has 0 bridgehead atoms. The summed E-state index contributed by atoms with van der Waals surface area (Å²) in [6, 6.07) is 14.5. The van der Waals surface area contributed by atoms with Gasteiger partial charge >= 0.3 is 0 Å². The fourth-order valence-corrected chi connectivity index (χ4v) is 4.03. The van der Waals surface area contributed by atoms with Gasteiger partial charge in [-0.1, -0.05) is 24.3 Å². The van der Waals surface area contributed by atoms with E-state index in [2.05, 4.69) is 16.0 Å². The van der Waals surface area contributed by atoms with Crippen molar-refractivity contribution < 1.29 is 13.9 Å². The third-order valence-corrected chi connectivity index (χ3v) is 5.89. The Balaban J connectivity index is 1.67. The van der Waals surface area contributed by atoms with E-state index in [9.17, 15) is 9.18 Å². The number of guanidine groups is 1. The van der Waals surface area contributed by atoms with Crippen molar-refractivity contribution in [2.75, 3.05) is 39.9 Å². The topological polar surface area (TPSA) is 74.8 Å². The van der Waals surface area contributed by atoms with Gasteiger partial charge < -0.3 is 20.7 Å². The largest absolute Gasteiger partial charge is 0.381 e. The number of hydrogen-bond acceptors (Lipinski definition) is 3. The third-order valence-electron chi connectivity index (χ3n) is 5.89. The van der Waals surface area contributed by atoms with E-state index in [4.69, 9.17) is 9.73 Å². The van der Waals surface area contributed by atoms with Crippen LogP contribution in [0.5, 0.6) is 0 Å². The Bertz CT molecular complexity index is 926. The fourth-order valence-electron chi connectivity index (χ4n) is 4.03. The fraction of sp³-hybridized carbons (Fsp3) is 0.440. The van der Waals surface area contributed by atoms with E-state index < -0.39 is 0 Å². The molecule has 0 atom stereocenters. The molecule has 0 saturated carbocycles. The van der Waals surface area contributed by atoms with Crippen LogP contribution in [-0.2, 0) is 16.6 Å². The van der Waals surface area contributed by atoms with Crippen LogP contribution in [0.1, 0.15) is 41.3 Å². The second kappa shape index (κ2) is 11.6. The smallest absolute Gasteiger partial charge is 0.251 e. The average Bonchev–Trinajstić information content (AvgIpc) is 2.83. The molecule has 0 radical (unpaired) electrons. The quantitative estimate of drug-likeness (QED) is 0.436. The summed E-state index contributed by atoms with van der Waals surface area (Å²) in [5.74, 6) is 0.424. The second-order valence-electron chi connectivity index (χ2n) is 8.05. The Labute approximate surface area is 189 Å². The summed E-state index contributed by atoms with van der Waals surface area (Å²) in [5, 5.41) is 9.33. The Hall–Kier alpha value is -2.93. The van der Waals surface area contributed by atoms with Crippen LogP contribution < -0.4 is 16.0 Å². The van der Waals surface area contributed by atoms with Crippen molar-refractivity contribution in [1.82, 2.24) is 16.0 Å². The maximum absolute atomic E-state index is 13.9. The Kier molecular flexibility index (Phi) is 8.62. The summed E-state index contributed by atoms with van der Waals surface area (Å²) >= 11 is 0. The molecular formula is C25H33FN4O2. The van der Waals surface area contributed by atoms with Crippen molar-refractivity contribution in [3.05, 3.63) is 71.0 Å². The second-order valence-corrected chi connectivity index (χ2v) is 8.05. The van der Waals surface area contributed by atoms with Crippen LogP contribution >= 0.6 is 0 Å². The predicted octanol–water partition coefficient (Wildman–Crippen LogP) is 3.03. The first kappa shape index (κ1) is 23.7. The van der Waals surface area contributed by atoms with E-state index in [1.165, 1.54) is 6.07 Å². The Morgan fingerprint density at radius 1 is 1.12 bits per heavy atom. The molecule has 1 fully saturated rings. The minimum Gasteiger partial charge on any atom is -0.381 e. The molecule has 0 unspecified atom stereocenters. The molecule has 1 amide bonds. The molecule has 172 valence electrons. The van der Waals surface area contributed by atoms with Gasteiger partial charge in [-0.2, -0.15) is 0 Å². The normalized spacial score (nSPS) is 15.8. The van der Waals surface area contributed by atoms with Gasteiger partial charge in [0.05, 0.1) is 6.54 Å². The highest BCUT2D eigenvalue weighted by Gasteiger charge is 2.34. The number of ether oxygens (including phenoxy) is 1. The SMILES string of the molecule is CCNC(=NCC1(c2cccc(F)c2)CCOCC1)NCCc1cccc(C(=O)NC)c1. The molecule has 1 aliphatic rings. The molecule has 0 aliphatic carbocycles. The molecule has 2 aromatic rings. The zero-order valence-corrected chi connectivity index (χ0v) is 18.9. The van der Waals surface area contributed by atoms with E-state index in [0.717, 1.165) is 42.9 Å². The van der Waals surface area contributed by atoms with Crippen molar-refractivity contribution in [2.45, 2.75) is 31.6 Å². The molecule has 0 aromatic heterocycles. The first-order chi connectivity index (χ1) is 15.6. The molecule has 3 N–H and O–H groups in total. The lowest BCUT2D eigenvalue weighted by atomic mass is 9.74. The number of carbonyl (C=O) groups is 1. The summed E-state index contributed by atoms with van der Waals surface area (Å²) in [6.45, 7) is 5.31. The van der Waals surface area contributed by atoms with Crippen LogP contribution in [-0.4, -0.2) is 51.8 Å². The van der Waals surface area contributed by atoms with Crippen LogP contribution in [0.2, 0.25) is 0 Å². The molecule has 1 aliphatic heterocycles. The standard InChI is InChI=1S/C25H33FN4O2/c1-3-28-24(29-13-10-19-6-4-7-20(16-19)23(31)27-2)30-18-25(11-14-32-15-12-25)21-8-5-9-22(26)17-21/h4-9,16-17H,3,10-15,18H2,1-2H3,(H,27,31)(H2,28,29,30). The number of benzene rings is 2. The lowest BCUT2D eigenvalue weighted by molar-refractivity contribution is 0.0530. The number of nitrogens with one attached hydrogen (secondary N) is 3. The number of rotatable bonds is 8. The Morgan fingerprint density at radius 3 is 2.62 bits per heavy atom. The van der Waals surface area contributed by atoms with Crippen LogP contribution in [0.4, 0.5) is 4.39 Å². The van der Waals surface area contributed by atoms with Gasteiger partial charge in [-0.25, -0.2) is 4.39 Å². The van der Waals surface area contributed by atoms with Crippen LogP contribution in [0.25, 0.3) is 0 Å². The number of amides is 1. The molecule has 6 nitrogen and oxygen atoms in total. The molecule has 3 rings (SSSR count). The molecule has 7 heteroatoms. The molecule has 2 aromatic carbocycles. The summed E-state index contributed by atoms with van der Waals surface area (Å²) in [6.07, 6.45) is 2.38. The van der Waals surface area contributed by atoms with Crippen LogP contribution in [0.3, 0.4) is 0 Å². The lowest BCUT2D eigenvalue weighted by Gasteiger charge is -2.36. The highest BCUT2D eigenvalue weighted by molar-refractivity contribution is 5.94. The summed E-state index contributed by atoms with van der Waals surface area (Å²) < 4.78 is 19.5. The van der Waals surface area contributed by atoms with Gasteiger partial charge in [0, 0.05) is 44.3 Å². The number of aliphatic imine (C=N–C) groups is 1. The van der Waals surface area contributed by atoms with Gasteiger partial charge in [0.1, 0.15) is 5.82 Å². The minimum atomic E-state index is -0.232. The highest BCUT2D eigenvalue weighted by Crippen LogP contribution is 2.35. The van der Waals surface area contributed by atoms with Crippen molar-refractivity contribution >= 4 is 11.9 Å². The molecule has 0 spiro atoms. The number of nitrogens with zero attached hydrogens (tertiary/aromatic N) is 1. The summed E-state index contributed by atoms with van der Waals surface area (Å²) in [5.41, 5.74) is 2.48. The van der Waals surface area contributed by atoms with E-state index in [0.29, 0.717) is 31.9 Å². The summed E-state index contributed by atoms with van der Waals surface area (Å²) in [4.78, 5) is 16.7. The summed E-state index contributed by atoms with van der Waals surface area (Å²) in [7, 11) is 1.63. The van der Waals surface area contributed by atoms with Gasteiger partial charge in [0.2, 0.25) is 0 Å². The molecular weight excluding hydrogens is 407 g/mol. The maximum Gasteiger partial charge on any atom is 0.251 e. The van der Waals surface area contributed by atoms with E-state index in [1.807, 2.05) is 31.2 Å². The third kappa shape index (κ3) is 6.29. The molecule has 32 heavy (non-hydrogen) atoms. The lowest BCUT2D eigenvalue weighted by Crippen LogP contribution is -2.41. The van der Waals surface area contributed by atoms with Gasteiger partial charge in [0.25, 0.3) is 5.91 Å². The predicted molar refractivity (Wildman–Crippen MR) is 126 cm³/mol. The van der Waals surface area contributed by atoms with Crippen LogP contribution in [0, 0.1) is 5.82 Å². The van der Waals surface area contributed by atoms with E-state index >= 15 is 0 Å². The first-order valence-corrected chi connectivity index (χ1v) is 11.2. The number of halogens is 1. The minimum absolute atomic E-state index is 0.0891. The van der Waals surface area contributed by atoms with Crippen LogP contribution in [0.15, 0.2) is 53.5 Å². The Morgan fingerprint density at radius 2 is 1.91 bits per heavy atom. The van der Waals surface area contributed by atoms with Gasteiger partial charge in [-0.15, -0.1) is 0 Å². The van der Waals surface area contributed by atoms with Crippen molar-refractivity contribution in [2.24, 2.45) is 4.99 Å². The zero-order valence-electron chi connectivity index (χ0n) is 18.9. The number of hydrogen-bond donors (Lipinski definition) is 3. The van der Waals surface area contributed by atoms with Gasteiger partial charge in [0.15, 0.2) is 5.96 Å². The maximum atomic E-state index is 13.9. The van der Waals surface area contributed by atoms with Crippen molar-refractivity contribution in [3.8, 4) is 0 Å². The van der Waals surface area contributed by atoms with E-state index in [-0.39, 0.29) is 17.1 Å². The van der Waals surface area contributed by atoms with E-state index in [1.54, 1.807) is 25.2 Å².